The predicted octanol–water partition coefficient (Wildman–Crippen LogP) is 24.9. The Morgan fingerprint density at radius 1 is 0.148 bits per heavy atom. The molecular weight excluding hydrogens is 2270 g/mol. The maximum atomic E-state index is 15.2. The van der Waals surface area contributed by atoms with Gasteiger partial charge in [0, 0.05) is 0 Å². The van der Waals surface area contributed by atoms with E-state index in [1.165, 1.54) is 14.2 Å². The molecule has 3 aromatic carbocycles. The predicted molar refractivity (Wildman–Crippen MR) is 294 cm³/mol. The second kappa shape index (κ2) is 39.3. The van der Waals surface area contributed by atoms with Gasteiger partial charge in [0.25, 0.3) is 0 Å². The summed E-state index contributed by atoms with van der Waals surface area (Å²) in [5.74, 6) is -79.5. The molecule has 0 aromatic heterocycles. The zero-order valence-corrected chi connectivity index (χ0v) is 64.2. The van der Waals surface area contributed by atoms with Crippen LogP contribution in [0.5, 0.6) is 0 Å². The molecule has 9 atom stereocenters. The summed E-state index contributed by atoms with van der Waals surface area (Å²) in [6.45, 7) is -16.2. The second-order valence-electron chi connectivity index (χ2n) is 25.8. The van der Waals surface area contributed by atoms with Crippen molar-refractivity contribution >= 4 is 23.8 Å². The third kappa shape index (κ3) is 27.4. The number of hydrogen-bond donors (Lipinski definition) is 0. The molecule has 3 aromatic rings. The van der Waals surface area contributed by atoms with Gasteiger partial charge in [0.1, 0.15) is 19.8 Å². The Labute approximate surface area is 727 Å². The van der Waals surface area contributed by atoms with Crippen LogP contribution in [0, 0.1) is 0 Å². The highest BCUT2D eigenvalue weighted by Crippen LogP contribution is 2.66. The van der Waals surface area contributed by atoms with E-state index in [0.717, 1.165) is 28.4 Å². The van der Waals surface area contributed by atoms with Gasteiger partial charge in [0.2, 0.25) is 0 Å². The lowest BCUT2D eigenvalue weighted by molar-refractivity contribution is -0.591. The first-order valence-electron chi connectivity index (χ1n) is 32.4. The molecule has 9 unspecified atom stereocenters. The average molecular weight is 2290 g/mol. The maximum Gasteiger partial charge on any atom is 0.527 e. The zero-order chi connectivity index (χ0) is 113. The van der Waals surface area contributed by atoms with E-state index in [1.807, 2.05) is 14.2 Å². The minimum Gasteiger partial charge on any atom is -0.368 e. The number of rotatable bonds is 45. The van der Waals surface area contributed by atoms with Crippen LogP contribution in [0.1, 0.15) is 16.7 Å². The number of alkyl halides is 69. The first-order chi connectivity index (χ1) is 61.7. The Morgan fingerprint density at radius 2 is 0.261 bits per heavy atom. The average Bonchev–Trinajstić information content (AvgIpc) is 0.715. The Hall–Kier alpha value is -7.34. The third-order valence-electron chi connectivity index (χ3n) is 15.1. The molecule has 142 heavy (non-hydrogen) atoms. The fourth-order valence-corrected chi connectivity index (χ4v) is 11.1. The summed E-state index contributed by atoms with van der Waals surface area (Å²) in [6.07, 6.45) is -200. The van der Waals surface area contributed by atoms with Crippen molar-refractivity contribution in [1.29, 1.82) is 0 Å². The summed E-state index contributed by atoms with van der Waals surface area (Å²) < 4.78 is 989. The van der Waals surface area contributed by atoms with Crippen LogP contribution in [0.25, 0.3) is 0 Å². The van der Waals surface area contributed by atoms with Crippen molar-refractivity contribution in [3.05, 3.63) is 89.5 Å². The normalized spacial score (nSPS) is 19.2. The molecule has 0 aliphatic rings. The Kier molecular flexibility index (Phi) is 35.6. The third-order valence-corrected chi connectivity index (χ3v) is 17.5. The van der Waals surface area contributed by atoms with Crippen LogP contribution in [0.3, 0.4) is 0 Å². The summed E-state index contributed by atoms with van der Waals surface area (Å²) in [7, 11) is -2.97. The van der Waals surface area contributed by atoms with Gasteiger partial charge in [-0.2, -0.15) is 263 Å². The SMILES string of the molecule is FC(F)(F)OC(F)(F)C(F)(OC(F)(F)C(F)(OC(F)(F)C(F)(OC(F)(F)COCc1ccc(P(c2ccc(COCC(F)(F)OC(F)(C(F)(F)F)C(F)(F)OC(F)(C(F)(F)F)C(F)(F)OC(F)(C(F)(F)F)C(F)(F)OC(F)(F)F)cc2)c2ccc(COCC(F)(F)OC(F)(C(F)(F)F)C(F)(F)OC(F)(C(F)(F)F)C(F)(F)OC(F)(C(F)(F)F)C(F)(F)OC(F)(F)F)cc2)cc1)C(F)(F)F)C(F)(F)F)C(F)(F)F. The van der Waals surface area contributed by atoms with Crippen molar-refractivity contribution in [1.82, 2.24) is 0 Å². The van der Waals surface area contributed by atoms with Gasteiger partial charge < -0.3 is 14.2 Å². The Bertz CT molecular complexity index is 4180. The molecule has 0 radical (unpaired) electrons. The van der Waals surface area contributed by atoms with Crippen molar-refractivity contribution in [3.63, 3.8) is 0 Å². The lowest BCUT2D eigenvalue weighted by Gasteiger charge is -2.43. The van der Waals surface area contributed by atoms with E-state index in [9.17, 15) is 277 Å². The topological polar surface area (TPSA) is 138 Å². The molecular formula is C57H24F69O15P. The lowest BCUT2D eigenvalue weighted by Crippen LogP contribution is -2.71. The van der Waals surface area contributed by atoms with Gasteiger partial charge in [0.15, 0.2) is 0 Å². The van der Waals surface area contributed by atoms with E-state index in [-0.39, 0.29) is 0 Å². The van der Waals surface area contributed by atoms with Gasteiger partial charge in [-0.05, 0) is 40.5 Å². The van der Waals surface area contributed by atoms with Crippen molar-refractivity contribution in [2.45, 2.75) is 220 Å². The zero-order valence-electron chi connectivity index (χ0n) is 63.3. The molecule has 0 heterocycles. The molecule has 0 saturated carbocycles. The van der Waals surface area contributed by atoms with E-state index in [1.54, 1.807) is 0 Å². The number of hydrogen-bond acceptors (Lipinski definition) is 15. The smallest absolute Gasteiger partial charge is 0.368 e. The Balaban J connectivity index is 2.23. The summed E-state index contributed by atoms with van der Waals surface area (Å²) in [4.78, 5) is 0. The molecule has 830 valence electrons. The summed E-state index contributed by atoms with van der Waals surface area (Å²) >= 11 is 0. The van der Waals surface area contributed by atoms with Crippen LogP contribution < -0.4 is 15.9 Å². The molecule has 0 saturated heterocycles. The molecule has 0 bridgehead atoms. The molecule has 15 nitrogen and oxygen atoms in total. The monoisotopic (exact) mass is 2290 g/mol. The van der Waals surface area contributed by atoms with Crippen LogP contribution in [0.4, 0.5) is 303 Å². The van der Waals surface area contributed by atoms with E-state index >= 15 is 26.3 Å². The fraction of sp³-hybridized carbons (Fsp3) is 0.684. The number of ether oxygens (including phenoxy) is 15. The van der Waals surface area contributed by atoms with E-state index in [4.69, 9.17) is 0 Å². The first kappa shape index (κ1) is 129. The van der Waals surface area contributed by atoms with Gasteiger partial charge in [-0.15, -0.1) is 39.5 Å². The molecule has 0 amide bonds. The van der Waals surface area contributed by atoms with Gasteiger partial charge in [-0.1, -0.05) is 72.8 Å². The van der Waals surface area contributed by atoms with Crippen LogP contribution in [0.2, 0.25) is 0 Å². The van der Waals surface area contributed by atoms with Crippen LogP contribution >= 0.6 is 7.92 Å². The molecule has 0 fully saturated rings. The van der Waals surface area contributed by atoms with Crippen molar-refractivity contribution in [3.8, 4) is 0 Å². The fourth-order valence-electron chi connectivity index (χ4n) is 8.87. The summed E-state index contributed by atoms with van der Waals surface area (Å²) in [6, 6.07) is 4.85. The summed E-state index contributed by atoms with van der Waals surface area (Å²) in [5.41, 5.74) is -2.94. The molecule has 0 N–H and O–H groups in total. The minimum atomic E-state index is -9.15. The van der Waals surface area contributed by atoms with Gasteiger partial charge >= 0.3 is 201 Å². The van der Waals surface area contributed by atoms with E-state index in [2.05, 4.69) is 14.2 Å². The molecule has 3 rings (SSSR count). The van der Waals surface area contributed by atoms with Crippen LogP contribution in [-0.4, -0.2) is 220 Å². The lowest BCUT2D eigenvalue weighted by atomic mass is 10.2. The van der Waals surface area contributed by atoms with Crippen LogP contribution in [0.15, 0.2) is 72.8 Å². The minimum absolute atomic E-state index is 0.339. The quantitative estimate of drug-likeness (QED) is 0.0391. The standard InChI is InChI=1S/C57H24F69O15P/c58-25(59,130-28(64,37(73,74)75)46(100,101)133-31(67,40(82,83)84)49(106,107)136-34(70,43(91,92)93)52(112,113)139-55(118,119)120)16-127-13-19-1-7-22(8-2-19)142(23-9-3-20(4-10-23)14-128-17-26(60,61)131-29(65,38(76,77)78)47(102,103)134-32(68,41(85,86)87)50(108,109)137-35(71,44(94,95)96)53(114,115)140-56(121,122)123)24-11-5-21(6-12-24)15-129-18-27(62,63)132-30(66,39(79,80)81)48(104,105)135-33(69,42(88,89)90)51(110,111)138-36(72,45(97,98)99)54(116,117)141-57(124,125)126/h1-12H,13-18H2. The highest BCUT2D eigenvalue weighted by atomic mass is 31.1. The molecule has 0 spiro atoms. The van der Waals surface area contributed by atoms with Gasteiger partial charge in [-0.3, -0.25) is 42.6 Å². The van der Waals surface area contributed by atoms with Crippen LogP contribution in [-0.2, 0) is 90.9 Å². The van der Waals surface area contributed by atoms with E-state index < -0.39 is 281 Å². The Morgan fingerprint density at radius 3 is 0.373 bits per heavy atom. The summed E-state index contributed by atoms with van der Waals surface area (Å²) in [5, 5.41) is -1.84. The van der Waals surface area contributed by atoms with Crippen molar-refractivity contribution in [2.24, 2.45) is 0 Å². The number of halogens is 69. The molecule has 85 heteroatoms. The van der Waals surface area contributed by atoms with Gasteiger partial charge in [-0.25, -0.2) is 14.2 Å². The maximum absolute atomic E-state index is 15.2. The number of benzene rings is 3. The highest BCUT2D eigenvalue weighted by molar-refractivity contribution is 7.79. The largest absolute Gasteiger partial charge is 0.527 e. The van der Waals surface area contributed by atoms with Crippen molar-refractivity contribution < 1.29 is 374 Å². The molecule has 0 aliphatic heterocycles. The highest BCUT2D eigenvalue weighted by Gasteiger charge is 2.94. The second-order valence-corrected chi connectivity index (χ2v) is 28.0. The van der Waals surface area contributed by atoms with E-state index in [0.29, 0.717) is 72.8 Å². The van der Waals surface area contributed by atoms with Crippen molar-refractivity contribution in [2.75, 3.05) is 19.8 Å². The molecule has 0 aliphatic carbocycles. The first-order valence-corrected chi connectivity index (χ1v) is 33.8. The van der Waals surface area contributed by atoms with Gasteiger partial charge in [0.05, 0.1) is 19.8 Å².